The second-order valence-electron chi connectivity index (χ2n) is 5.64. The van der Waals surface area contributed by atoms with Gasteiger partial charge in [-0.1, -0.05) is 13.8 Å². The van der Waals surface area contributed by atoms with Crippen molar-refractivity contribution in [2.45, 2.75) is 45.7 Å². The number of likely N-dealkylation sites (tertiary alicyclic amines) is 1. The molecular formula is C15H28N6. The molecule has 1 unspecified atom stereocenters. The van der Waals surface area contributed by atoms with Gasteiger partial charge in [-0.25, -0.2) is 4.99 Å². The third-order valence-corrected chi connectivity index (χ3v) is 4.17. The molecule has 0 amide bonds. The number of guanidine groups is 1. The van der Waals surface area contributed by atoms with E-state index in [0.29, 0.717) is 18.5 Å². The molecule has 6 heteroatoms. The molecule has 118 valence electrons. The van der Waals surface area contributed by atoms with Gasteiger partial charge in [-0.3, -0.25) is 9.58 Å². The van der Waals surface area contributed by atoms with Gasteiger partial charge in [0.2, 0.25) is 0 Å². The van der Waals surface area contributed by atoms with Crippen molar-refractivity contribution >= 4 is 5.96 Å². The quantitative estimate of drug-likeness (QED) is 0.603. The molecule has 21 heavy (non-hydrogen) atoms. The minimum atomic E-state index is 0.531. The van der Waals surface area contributed by atoms with E-state index in [1.807, 2.05) is 17.9 Å². The molecule has 1 atom stereocenters. The number of aromatic nitrogens is 2. The number of likely N-dealkylation sites (N-methyl/N-ethyl adjacent to an activating group) is 1. The number of nitrogens with one attached hydrogen (secondary N) is 1. The highest BCUT2D eigenvalue weighted by Crippen LogP contribution is 2.15. The summed E-state index contributed by atoms with van der Waals surface area (Å²) in [6.07, 6.45) is 5.47. The predicted molar refractivity (Wildman–Crippen MR) is 86.2 cm³/mol. The molecule has 0 saturated carbocycles. The first-order valence-corrected chi connectivity index (χ1v) is 7.93. The average Bonchev–Trinajstić information content (AvgIpc) is 3.08. The van der Waals surface area contributed by atoms with Crippen LogP contribution in [0.25, 0.3) is 0 Å². The summed E-state index contributed by atoms with van der Waals surface area (Å²) in [5.41, 5.74) is 8.23. The Balaban J connectivity index is 1.83. The van der Waals surface area contributed by atoms with Gasteiger partial charge in [0.1, 0.15) is 0 Å². The van der Waals surface area contributed by atoms with E-state index in [1.165, 1.54) is 19.4 Å². The smallest absolute Gasteiger partial charge is 0.188 e. The maximum atomic E-state index is 5.98. The van der Waals surface area contributed by atoms with Crippen LogP contribution in [-0.4, -0.2) is 46.3 Å². The zero-order valence-electron chi connectivity index (χ0n) is 13.5. The first kappa shape index (κ1) is 15.8. The molecule has 1 fully saturated rings. The van der Waals surface area contributed by atoms with Gasteiger partial charge < -0.3 is 11.1 Å². The summed E-state index contributed by atoms with van der Waals surface area (Å²) in [6.45, 7) is 8.12. The van der Waals surface area contributed by atoms with Gasteiger partial charge in [0.25, 0.3) is 0 Å². The molecule has 2 heterocycles. The van der Waals surface area contributed by atoms with Crippen LogP contribution in [-0.2, 0) is 20.0 Å². The highest BCUT2D eigenvalue weighted by atomic mass is 15.3. The number of nitrogens with zero attached hydrogens (tertiary/aromatic N) is 4. The lowest BCUT2D eigenvalue weighted by Crippen LogP contribution is -2.42. The Kier molecular flexibility index (Phi) is 5.61. The molecule has 1 aliphatic rings. The van der Waals surface area contributed by atoms with Gasteiger partial charge in [-0.05, 0) is 32.4 Å². The zero-order chi connectivity index (χ0) is 15.2. The van der Waals surface area contributed by atoms with Crippen LogP contribution in [0.2, 0.25) is 0 Å². The maximum Gasteiger partial charge on any atom is 0.188 e. The molecule has 0 aliphatic carbocycles. The Morgan fingerprint density at radius 2 is 2.33 bits per heavy atom. The van der Waals surface area contributed by atoms with Crippen molar-refractivity contribution in [1.82, 2.24) is 20.0 Å². The van der Waals surface area contributed by atoms with Gasteiger partial charge in [-0.15, -0.1) is 0 Å². The lowest BCUT2D eigenvalue weighted by molar-refractivity contribution is 0.267. The Morgan fingerprint density at radius 1 is 1.52 bits per heavy atom. The van der Waals surface area contributed by atoms with E-state index in [1.54, 1.807) is 0 Å². The Hall–Kier alpha value is -1.56. The van der Waals surface area contributed by atoms with Crippen LogP contribution >= 0.6 is 0 Å². The Bertz CT molecular complexity index is 479. The summed E-state index contributed by atoms with van der Waals surface area (Å²) in [7, 11) is 1.94. The molecule has 3 N–H and O–H groups in total. The van der Waals surface area contributed by atoms with Crippen molar-refractivity contribution in [3.63, 3.8) is 0 Å². The van der Waals surface area contributed by atoms with Gasteiger partial charge in [0.15, 0.2) is 5.96 Å². The fraction of sp³-hybridized carbons (Fsp3) is 0.733. The molecule has 0 bridgehead atoms. The first-order valence-electron chi connectivity index (χ1n) is 7.93. The van der Waals surface area contributed by atoms with Crippen LogP contribution in [0.4, 0.5) is 0 Å². The maximum absolute atomic E-state index is 5.98. The third-order valence-electron chi connectivity index (χ3n) is 4.17. The van der Waals surface area contributed by atoms with Crippen LogP contribution in [0.1, 0.15) is 37.9 Å². The first-order chi connectivity index (χ1) is 10.1. The fourth-order valence-corrected chi connectivity index (χ4v) is 3.00. The number of hydrogen-bond donors (Lipinski definition) is 2. The second kappa shape index (κ2) is 7.45. The summed E-state index contributed by atoms with van der Waals surface area (Å²) in [5.74, 6) is 0.531. The van der Waals surface area contributed by atoms with Gasteiger partial charge in [0.05, 0.1) is 12.2 Å². The molecule has 0 radical (unpaired) electrons. The highest BCUT2D eigenvalue weighted by Gasteiger charge is 2.22. The Morgan fingerprint density at radius 3 is 3.05 bits per heavy atom. The van der Waals surface area contributed by atoms with E-state index >= 15 is 0 Å². The lowest BCUT2D eigenvalue weighted by atomic mass is 10.2. The van der Waals surface area contributed by atoms with Crippen molar-refractivity contribution in [2.24, 2.45) is 17.8 Å². The van der Waals surface area contributed by atoms with Crippen LogP contribution in [0.5, 0.6) is 0 Å². The van der Waals surface area contributed by atoms with E-state index in [0.717, 1.165) is 30.8 Å². The summed E-state index contributed by atoms with van der Waals surface area (Å²) in [5, 5.41) is 7.68. The standard InChI is InChI=1S/C15H28N6/c1-4-14-12(11-20(3)19-14)9-17-15(16)18-10-13-7-6-8-21(13)5-2/h11,13H,4-10H2,1-3H3,(H3,16,17,18). The van der Waals surface area contributed by atoms with Gasteiger partial charge >= 0.3 is 0 Å². The summed E-state index contributed by atoms with van der Waals surface area (Å²) >= 11 is 0. The summed E-state index contributed by atoms with van der Waals surface area (Å²) in [4.78, 5) is 6.94. The second-order valence-corrected chi connectivity index (χ2v) is 5.64. The lowest BCUT2D eigenvalue weighted by Gasteiger charge is -2.23. The monoisotopic (exact) mass is 292 g/mol. The van der Waals surface area contributed by atoms with Crippen LogP contribution in [0, 0.1) is 0 Å². The molecule has 1 aromatic heterocycles. The molecule has 0 spiro atoms. The number of hydrogen-bond acceptors (Lipinski definition) is 3. The molecule has 2 rings (SSSR count). The van der Waals surface area contributed by atoms with Gasteiger partial charge in [-0.2, -0.15) is 5.10 Å². The van der Waals surface area contributed by atoms with Crippen molar-refractivity contribution < 1.29 is 0 Å². The van der Waals surface area contributed by atoms with Crippen molar-refractivity contribution in [2.75, 3.05) is 19.6 Å². The van der Waals surface area contributed by atoms with Crippen LogP contribution < -0.4 is 11.1 Å². The zero-order valence-corrected chi connectivity index (χ0v) is 13.5. The van der Waals surface area contributed by atoms with Crippen LogP contribution in [0.15, 0.2) is 11.2 Å². The Labute approximate surface area is 127 Å². The molecule has 1 aliphatic heterocycles. The fourth-order valence-electron chi connectivity index (χ4n) is 3.00. The summed E-state index contributed by atoms with van der Waals surface area (Å²) in [6, 6.07) is 0.591. The topological polar surface area (TPSA) is 71.5 Å². The summed E-state index contributed by atoms with van der Waals surface area (Å²) < 4.78 is 1.84. The predicted octanol–water partition coefficient (Wildman–Crippen LogP) is 0.871. The average molecular weight is 292 g/mol. The van der Waals surface area contributed by atoms with E-state index in [2.05, 4.69) is 34.2 Å². The van der Waals surface area contributed by atoms with E-state index in [9.17, 15) is 0 Å². The minimum Gasteiger partial charge on any atom is -0.370 e. The van der Waals surface area contributed by atoms with E-state index < -0.39 is 0 Å². The number of aryl methyl sites for hydroxylation is 2. The number of rotatable bonds is 6. The number of aliphatic imine (C=N–C) groups is 1. The van der Waals surface area contributed by atoms with Crippen molar-refractivity contribution in [3.8, 4) is 0 Å². The largest absolute Gasteiger partial charge is 0.370 e. The van der Waals surface area contributed by atoms with Crippen molar-refractivity contribution in [1.29, 1.82) is 0 Å². The minimum absolute atomic E-state index is 0.531. The van der Waals surface area contributed by atoms with E-state index in [-0.39, 0.29) is 0 Å². The molecule has 0 aromatic carbocycles. The normalized spacial score (nSPS) is 20.1. The molecular weight excluding hydrogens is 264 g/mol. The van der Waals surface area contributed by atoms with Gasteiger partial charge in [0, 0.05) is 31.4 Å². The molecule has 1 saturated heterocycles. The SMILES string of the molecule is CCc1nn(C)cc1CN=C(N)NCC1CCCN1CC. The highest BCUT2D eigenvalue weighted by molar-refractivity contribution is 5.77. The van der Waals surface area contributed by atoms with E-state index in [4.69, 9.17) is 5.73 Å². The molecule has 6 nitrogen and oxygen atoms in total. The molecule has 1 aromatic rings. The third kappa shape index (κ3) is 4.20. The van der Waals surface area contributed by atoms with Crippen LogP contribution in [0.3, 0.4) is 0 Å². The number of nitrogens with two attached hydrogens (primary N) is 1. The van der Waals surface area contributed by atoms with Crippen molar-refractivity contribution in [3.05, 3.63) is 17.5 Å².